The minimum absolute atomic E-state index is 0. The van der Waals surface area contributed by atoms with Crippen LogP contribution in [0.3, 0.4) is 0 Å². The number of para-hydroxylation sites is 1. The van der Waals surface area contributed by atoms with E-state index in [0.29, 0.717) is 11.8 Å². The van der Waals surface area contributed by atoms with E-state index in [1.165, 1.54) is 12.8 Å². The van der Waals surface area contributed by atoms with Gasteiger partial charge in [-0.25, -0.2) is 0 Å². The maximum absolute atomic E-state index is 10.0. The van der Waals surface area contributed by atoms with E-state index in [0.717, 1.165) is 37.7 Å². The molecule has 1 aromatic carbocycles. The van der Waals surface area contributed by atoms with Gasteiger partial charge >= 0.3 is 0 Å². The highest BCUT2D eigenvalue weighted by atomic mass is 35.5. The minimum atomic E-state index is 0. The minimum Gasteiger partial charge on any atom is -0.508 e. The Balaban J connectivity index is 0.000000902. The van der Waals surface area contributed by atoms with Crippen molar-refractivity contribution in [3.63, 3.8) is 0 Å². The van der Waals surface area contributed by atoms with Gasteiger partial charge in [-0.05, 0) is 24.8 Å². The first-order valence-electron chi connectivity index (χ1n) is 6.59. The number of hydrogen-bond donors (Lipinski definition) is 2. The number of aromatic hydroxyl groups is 1. The highest BCUT2D eigenvalue weighted by molar-refractivity contribution is 5.85. The van der Waals surface area contributed by atoms with Gasteiger partial charge in [0.25, 0.3) is 0 Å². The van der Waals surface area contributed by atoms with Crippen LogP contribution in [0.4, 0.5) is 0 Å². The third-order valence-electron chi connectivity index (χ3n) is 3.87. The van der Waals surface area contributed by atoms with Crippen LogP contribution in [-0.4, -0.2) is 36.2 Å². The molecule has 0 bridgehead atoms. The molecule has 3 rings (SSSR count). The van der Waals surface area contributed by atoms with E-state index in [1.807, 2.05) is 18.2 Å². The Labute approximate surface area is 127 Å². The molecule has 1 atom stereocenters. The molecule has 19 heavy (non-hydrogen) atoms. The van der Waals surface area contributed by atoms with Crippen molar-refractivity contribution in [1.82, 2.24) is 10.2 Å². The Morgan fingerprint density at radius 2 is 1.74 bits per heavy atom. The van der Waals surface area contributed by atoms with Gasteiger partial charge in [-0.2, -0.15) is 0 Å². The quantitative estimate of drug-likeness (QED) is 0.901. The molecule has 1 aromatic rings. The van der Waals surface area contributed by atoms with Crippen LogP contribution in [0.1, 0.15) is 24.4 Å². The van der Waals surface area contributed by atoms with Crippen LogP contribution in [0.25, 0.3) is 0 Å². The summed E-state index contributed by atoms with van der Waals surface area (Å²) in [6, 6.07) is 8.26. The Morgan fingerprint density at radius 3 is 2.32 bits per heavy atom. The van der Waals surface area contributed by atoms with Gasteiger partial charge in [-0.15, -0.1) is 24.8 Å². The molecule has 1 saturated carbocycles. The van der Waals surface area contributed by atoms with Crippen LogP contribution in [0, 0.1) is 5.92 Å². The van der Waals surface area contributed by atoms with E-state index in [4.69, 9.17) is 0 Å². The van der Waals surface area contributed by atoms with Crippen LogP contribution >= 0.6 is 24.8 Å². The molecule has 0 unspecified atom stereocenters. The number of halogens is 2. The summed E-state index contributed by atoms with van der Waals surface area (Å²) in [5, 5.41) is 13.4. The van der Waals surface area contributed by atoms with E-state index >= 15 is 0 Å². The number of nitrogens with one attached hydrogen (secondary N) is 1. The van der Waals surface area contributed by atoms with Crippen molar-refractivity contribution >= 4 is 24.8 Å². The van der Waals surface area contributed by atoms with Crippen molar-refractivity contribution in [3.05, 3.63) is 29.8 Å². The zero-order chi connectivity index (χ0) is 11.7. The average molecular weight is 305 g/mol. The van der Waals surface area contributed by atoms with Crippen LogP contribution in [-0.2, 0) is 0 Å². The molecule has 2 N–H and O–H groups in total. The van der Waals surface area contributed by atoms with Crippen LogP contribution < -0.4 is 5.32 Å². The fourth-order valence-electron chi connectivity index (χ4n) is 2.86. The van der Waals surface area contributed by atoms with Gasteiger partial charge in [0.15, 0.2) is 0 Å². The van der Waals surface area contributed by atoms with Gasteiger partial charge in [-0.1, -0.05) is 18.2 Å². The van der Waals surface area contributed by atoms with Crippen molar-refractivity contribution in [3.8, 4) is 5.75 Å². The third kappa shape index (κ3) is 3.76. The van der Waals surface area contributed by atoms with Crippen LogP contribution in [0.5, 0.6) is 5.75 Å². The molecule has 1 heterocycles. The van der Waals surface area contributed by atoms with Crippen molar-refractivity contribution < 1.29 is 5.11 Å². The molecule has 2 fully saturated rings. The second-order valence-corrected chi connectivity index (χ2v) is 5.13. The lowest BCUT2D eigenvalue weighted by atomic mass is 9.99. The molecule has 0 amide bonds. The Hall–Kier alpha value is -0.480. The Bertz CT molecular complexity index is 393. The maximum Gasteiger partial charge on any atom is 0.120 e. The number of nitrogens with zero attached hydrogens (tertiary/aromatic N) is 1. The average Bonchev–Trinajstić information content (AvgIpc) is 3.18. The zero-order valence-corrected chi connectivity index (χ0v) is 12.6. The highest BCUT2D eigenvalue weighted by Crippen LogP contribution is 2.46. The second-order valence-electron chi connectivity index (χ2n) is 5.13. The summed E-state index contributed by atoms with van der Waals surface area (Å²) in [4.78, 5) is 2.53. The lowest BCUT2D eigenvalue weighted by Gasteiger charge is -2.35. The second kappa shape index (κ2) is 7.34. The summed E-state index contributed by atoms with van der Waals surface area (Å²) >= 11 is 0. The molecule has 0 radical (unpaired) electrons. The SMILES string of the molecule is Cl.Cl.Oc1ccccc1[C@@H](C1CC1)N1CCNCC1. The van der Waals surface area contributed by atoms with Gasteiger partial charge in [0.1, 0.15) is 5.75 Å². The fraction of sp³-hybridized carbons (Fsp3) is 0.571. The standard InChI is InChI=1S/C14H20N2O.2ClH/c17-13-4-2-1-3-12(13)14(11-5-6-11)16-9-7-15-8-10-16;;/h1-4,11,14-15,17H,5-10H2;2*1H/t14-;;/m1../s1. The number of hydrogen-bond acceptors (Lipinski definition) is 3. The molecular formula is C14H22Cl2N2O. The number of rotatable bonds is 3. The summed E-state index contributed by atoms with van der Waals surface area (Å²) < 4.78 is 0. The van der Waals surface area contributed by atoms with Gasteiger partial charge < -0.3 is 10.4 Å². The summed E-state index contributed by atoms with van der Waals surface area (Å²) in [6.45, 7) is 4.32. The lowest BCUT2D eigenvalue weighted by Crippen LogP contribution is -2.45. The number of phenolic OH excluding ortho intramolecular Hbond substituents is 1. The molecule has 108 valence electrons. The van der Waals surface area contributed by atoms with E-state index in [9.17, 15) is 5.11 Å². The predicted octanol–water partition coefficient (Wildman–Crippen LogP) is 2.59. The fourth-order valence-corrected chi connectivity index (χ4v) is 2.86. The van der Waals surface area contributed by atoms with Crippen LogP contribution in [0.15, 0.2) is 24.3 Å². The molecule has 0 aromatic heterocycles. The normalized spacial score (nSPS) is 21.1. The van der Waals surface area contributed by atoms with Crippen molar-refractivity contribution in [2.45, 2.75) is 18.9 Å². The molecule has 0 spiro atoms. The van der Waals surface area contributed by atoms with Gasteiger partial charge in [0, 0.05) is 37.8 Å². The van der Waals surface area contributed by atoms with Crippen molar-refractivity contribution in [2.24, 2.45) is 5.92 Å². The monoisotopic (exact) mass is 304 g/mol. The van der Waals surface area contributed by atoms with Crippen molar-refractivity contribution in [1.29, 1.82) is 0 Å². The van der Waals surface area contributed by atoms with E-state index < -0.39 is 0 Å². The van der Waals surface area contributed by atoms with Crippen molar-refractivity contribution in [2.75, 3.05) is 26.2 Å². The number of phenols is 1. The Kier molecular flexibility index (Phi) is 6.40. The highest BCUT2D eigenvalue weighted by Gasteiger charge is 2.37. The molecule has 1 aliphatic heterocycles. The first-order chi connectivity index (χ1) is 8.36. The lowest BCUT2D eigenvalue weighted by molar-refractivity contribution is 0.153. The first kappa shape index (κ1) is 16.6. The largest absolute Gasteiger partial charge is 0.508 e. The number of piperazine rings is 1. The molecule has 5 heteroatoms. The topological polar surface area (TPSA) is 35.5 Å². The summed E-state index contributed by atoms with van der Waals surface area (Å²) in [6.07, 6.45) is 2.62. The molecule has 1 saturated heterocycles. The smallest absolute Gasteiger partial charge is 0.120 e. The van der Waals surface area contributed by atoms with E-state index in [1.54, 1.807) is 0 Å². The first-order valence-corrected chi connectivity index (χ1v) is 6.59. The zero-order valence-electron chi connectivity index (χ0n) is 10.9. The maximum atomic E-state index is 10.0. The van der Waals surface area contributed by atoms with E-state index in [2.05, 4.69) is 16.3 Å². The third-order valence-corrected chi connectivity index (χ3v) is 3.87. The van der Waals surface area contributed by atoms with Gasteiger partial charge in [0.2, 0.25) is 0 Å². The van der Waals surface area contributed by atoms with Gasteiger partial charge in [-0.3, -0.25) is 4.90 Å². The Morgan fingerprint density at radius 1 is 1.11 bits per heavy atom. The number of benzene rings is 1. The summed E-state index contributed by atoms with van der Waals surface area (Å²) in [5.74, 6) is 1.21. The predicted molar refractivity (Wildman–Crippen MR) is 82.5 cm³/mol. The summed E-state index contributed by atoms with van der Waals surface area (Å²) in [7, 11) is 0. The molecule has 3 nitrogen and oxygen atoms in total. The van der Waals surface area contributed by atoms with Crippen LogP contribution in [0.2, 0.25) is 0 Å². The molecule has 2 aliphatic rings. The van der Waals surface area contributed by atoms with Gasteiger partial charge in [0.05, 0.1) is 0 Å². The van der Waals surface area contributed by atoms with E-state index in [-0.39, 0.29) is 24.8 Å². The molecular weight excluding hydrogens is 283 g/mol. The molecule has 1 aliphatic carbocycles. The summed E-state index contributed by atoms with van der Waals surface area (Å²) in [5.41, 5.74) is 1.12.